The molecule has 30 heavy (non-hydrogen) atoms. The maximum atomic E-state index is 5.66. The predicted molar refractivity (Wildman–Crippen MR) is 126 cm³/mol. The standard InChI is InChI=1S/C24H42N4O2/c1-19(2)28(20(3)4)15-7-14-26-23(25-5)27-18-24(12-16-30-17-13-24)21-8-10-22(29-6)11-9-21/h8-11,19-20H,7,12-18H2,1-6H3,(H2,25,26,27). The van der Waals surface area contributed by atoms with E-state index in [-0.39, 0.29) is 5.41 Å². The molecule has 0 aliphatic carbocycles. The predicted octanol–water partition coefficient (Wildman–Crippen LogP) is 3.42. The van der Waals surface area contributed by atoms with Gasteiger partial charge in [-0.25, -0.2) is 0 Å². The van der Waals surface area contributed by atoms with Crippen LogP contribution in [0, 0.1) is 0 Å². The van der Waals surface area contributed by atoms with Gasteiger partial charge in [-0.15, -0.1) is 0 Å². The molecule has 6 nitrogen and oxygen atoms in total. The molecule has 6 heteroatoms. The molecule has 0 unspecified atom stereocenters. The topological polar surface area (TPSA) is 58.1 Å². The zero-order valence-electron chi connectivity index (χ0n) is 19.8. The van der Waals surface area contributed by atoms with Crippen molar-refractivity contribution < 1.29 is 9.47 Å². The first-order valence-corrected chi connectivity index (χ1v) is 11.3. The third-order valence-corrected chi connectivity index (χ3v) is 6.18. The van der Waals surface area contributed by atoms with E-state index in [1.165, 1.54) is 5.56 Å². The first-order valence-electron chi connectivity index (χ1n) is 11.3. The van der Waals surface area contributed by atoms with Gasteiger partial charge in [0, 0.05) is 57.4 Å². The third-order valence-electron chi connectivity index (χ3n) is 6.18. The number of nitrogens with zero attached hydrogens (tertiary/aromatic N) is 2. The fraction of sp³-hybridized carbons (Fsp3) is 0.708. The van der Waals surface area contributed by atoms with Crippen LogP contribution in [0.4, 0.5) is 0 Å². The second-order valence-corrected chi connectivity index (χ2v) is 8.75. The van der Waals surface area contributed by atoms with E-state index in [9.17, 15) is 0 Å². The molecule has 0 aromatic heterocycles. The molecule has 1 aromatic carbocycles. The van der Waals surface area contributed by atoms with E-state index in [0.717, 1.165) is 63.8 Å². The van der Waals surface area contributed by atoms with E-state index in [1.54, 1.807) is 7.11 Å². The molecule has 0 spiro atoms. The number of hydrogen-bond donors (Lipinski definition) is 2. The van der Waals surface area contributed by atoms with Gasteiger partial charge in [0.2, 0.25) is 0 Å². The largest absolute Gasteiger partial charge is 0.497 e. The fourth-order valence-electron chi connectivity index (χ4n) is 4.33. The molecule has 1 aliphatic heterocycles. The molecule has 1 aromatic rings. The van der Waals surface area contributed by atoms with Crippen molar-refractivity contribution in [3.05, 3.63) is 29.8 Å². The fourth-order valence-corrected chi connectivity index (χ4v) is 4.33. The van der Waals surface area contributed by atoms with Crippen LogP contribution >= 0.6 is 0 Å². The van der Waals surface area contributed by atoms with Crippen molar-refractivity contribution in [3.8, 4) is 5.75 Å². The van der Waals surface area contributed by atoms with Crippen LogP contribution in [0.3, 0.4) is 0 Å². The van der Waals surface area contributed by atoms with Gasteiger partial charge in [0.15, 0.2) is 5.96 Å². The molecule has 1 fully saturated rings. The van der Waals surface area contributed by atoms with Crippen LogP contribution in [0.15, 0.2) is 29.3 Å². The summed E-state index contributed by atoms with van der Waals surface area (Å²) in [7, 11) is 3.55. The smallest absolute Gasteiger partial charge is 0.191 e. The normalized spacial score (nSPS) is 16.9. The number of rotatable bonds is 10. The summed E-state index contributed by atoms with van der Waals surface area (Å²) in [5, 5.41) is 7.07. The highest BCUT2D eigenvalue weighted by atomic mass is 16.5. The summed E-state index contributed by atoms with van der Waals surface area (Å²) in [4.78, 5) is 6.97. The van der Waals surface area contributed by atoms with Crippen LogP contribution in [0.25, 0.3) is 0 Å². The molecule has 170 valence electrons. The second kappa shape index (κ2) is 12.2. The monoisotopic (exact) mass is 418 g/mol. The average Bonchev–Trinajstić information content (AvgIpc) is 2.75. The Morgan fingerprint density at radius 2 is 1.73 bits per heavy atom. The number of ether oxygens (including phenoxy) is 2. The van der Waals surface area contributed by atoms with Crippen molar-refractivity contribution in [2.75, 3.05) is 47.0 Å². The lowest BCUT2D eigenvalue weighted by Gasteiger charge is -2.38. The lowest BCUT2D eigenvalue weighted by atomic mass is 9.74. The molecule has 0 radical (unpaired) electrons. The number of aliphatic imine (C=N–C) groups is 1. The average molecular weight is 419 g/mol. The van der Waals surface area contributed by atoms with Crippen molar-refractivity contribution in [2.45, 2.75) is 64.5 Å². The van der Waals surface area contributed by atoms with Crippen LogP contribution < -0.4 is 15.4 Å². The first-order chi connectivity index (χ1) is 14.4. The minimum Gasteiger partial charge on any atom is -0.497 e. The van der Waals surface area contributed by atoms with Gasteiger partial charge in [-0.1, -0.05) is 12.1 Å². The van der Waals surface area contributed by atoms with E-state index >= 15 is 0 Å². The maximum Gasteiger partial charge on any atom is 0.191 e. The van der Waals surface area contributed by atoms with Crippen molar-refractivity contribution >= 4 is 5.96 Å². The highest BCUT2D eigenvalue weighted by molar-refractivity contribution is 5.79. The summed E-state index contributed by atoms with van der Waals surface area (Å²) < 4.78 is 11.0. The highest BCUT2D eigenvalue weighted by Gasteiger charge is 2.34. The molecule has 0 atom stereocenters. The Labute approximate surface area is 183 Å². The highest BCUT2D eigenvalue weighted by Crippen LogP contribution is 2.35. The molecule has 0 amide bonds. The summed E-state index contributed by atoms with van der Waals surface area (Å²) in [6.45, 7) is 13.5. The van der Waals surface area contributed by atoms with Crippen LogP contribution in [0.5, 0.6) is 5.75 Å². The number of nitrogens with one attached hydrogen (secondary N) is 2. The van der Waals surface area contributed by atoms with Crippen LogP contribution in [0.1, 0.15) is 52.5 Å². The molecule has 2 N–H and O–H groups in total. The summed E-state index contributed by atoms with van der Waals surface area (Å²) in [5.41, 5.74) is 1.38. The SMILES string of the molecule is CN=C(NCCCN(C(C)C)C(C)C)NCC1(c2ccc(OC)cc2)CCOCC1. The number of methoxy groups -OCH3 is 1. The summed E-state index contributed by atoms with van der Waals surface area (Å²) in [6.07, 6.45) is 3.09. The van der Waals surface area contributed by atoms with E-state index in [4.69, 9.17) is 9.47 Å². The Bertz CT molecular complexity index is 629. The quantitative estimate of drug-likeness (QED) is 0.346. The number of hydrogen-bond acceptors (Lipinski definition) is 4. The second-order valence-electron chi connectivity index (χ2n) is 8.75. The van der Waals surface area contributed by atoms with Gasteiger partial charge >= 0.3 is 0 Å². The van der Waals surface area contributed by atoms with Gasteiger partial charge in [0.1, 0.15) is 5.75 Å². The van der Waals surface area contributed by atoms with Gasteiger partial charge < -0.3 is 20.1 Å². The van der Waals surface area contributed by atoms with Gasteiger partial charge in [0.05, 0.1) is 7.11 Å². The minimum absolute atomic E-state index is 0.0498. The van der Waals surface area contributed by atoms with Gasteiger partial charge in [-0.2, -0.15) is 0 Å². The Hall–Kier alpha value is -1.79. The lowest BCUT2D eigenvalue weighted by Crippen LogP contribution is -2.48. The Morgan fingerprint density at radius 1 is 1.10 bits per heavy atom. The molecule has 1 heterocycles. The molecule has 1 saturated heterocycles. The Morgan fingerprint density at radius 3 is 2.27 bits per heavy atom. The first kappa shape index (κ1) is 24.5. The van der Waals surface area contributed by atoms with E-state index < -0.39 is 0 Å². The van der Waals surface area contributed by atoms with Crippen molar-refractivity contribution in [1.29, 1.82) is 0 Å². The van der Waals surface area contributed by atoms with Crippen LogP contribution in [-0.4, -0.2) is 69.9 Å². The molecule has 1 aliphatic rings. The van der Waals surface area contributed by atoms with Crippen molar-refractivity contribution in [1.82, 2.24) is 15.5 Å². The number of benzene rings is 1. The summed E-state index contributed by atoms with van der Waals surface area (Å²) in [6, 6.07) is 9.62. The lowest BCUT2D eigenvalue weighted by molar-refractivity contribution is 0.0513. The van der Waals surface area contributed by atoms with Gasteiger partial charge in [-0.3, -0.25) is 9.89 Å². The Balaban J connectivity index is 1.91. The zero-order chi connectivity index (χ0) is 22.0. The van der Waals surface area contributed by atoms with Crippen LogP contribution in [0.2, 0.25) is 0 Å². The van der Waals surface area contributed by atoms with Crippen molar-refractivity contribution in [3.63, 3.8) is 0 Å². The minimum atomic E-state index is 0.0498. The molecule has 2 rings (SSSR count). The van der Waals surface area contributed by atoms with E-state index in [0.29, 0.717) is 12.1 Å². The summed E-state index contributed by atoms with van der Waals surface area (Å²) in [5.74, 6) is 1.76. The van der Waals surface area contributed by atoms with Crippen molar-refractivity contribution in [2.24, 2.45) is 4.99 Å². The number of guanidine groups is 1. The van der Waals surface area contributed by atoms with E-state index in [1.807, 2.05) is 7.05 Å². The molecular weight excluding hydrogens is 376 g/mol. The molecule has 0 saturated carbocycles. The Kier molecular flexibility index (Phi) is 9.92. The molecule has 0 bridgehead atoms. The third kappa shape index (κ3) is 6.88. The van der Waals surface area contributed by atoms with Gasteiger partial charge in [0.25, 0.3) is 0 Å². The van der Waals surface area contributed by atoms with Gasteiger partial charge in [-0.05, 0) is 64.7 Å². The zero-order valence-corrected chi connectivity index (χ0v) is 19.8. The van der Waals surface area contributed by atoms with Crippen LogP contribution in [-0.2, 0) is 10.2 Å². The maximum absolute atomic E-state index is 5.66. The van der Waals surface area contributed by atoms with E-state index in [2.05, 4.69) is 72.5 Å². The molecular formula is C24H42N4O2. The summed E-state index contributed by atoms with van der Waals surface area (Å²) >= 11 is 0.